The topological polar surface area (TPSA) is 75.4 Å². The molecule has 2 aromatic carbocycles. The molecule has 1 heterocycles. The zero-order valence-electron chi connectivity index (χ0n) is 14.6. The van der Waals surface area contributed by atoms with E-state index in [4.69, 9.17) is 5.73 Å². The standard InChI is InChI=1S/C20H22FN3O2/c1-13(14-6-8-17(21)9-7-14)23-19(25)12-24-11-16-5-3-2-4-15(16)10-18(24)20(22)26/h2-9,13,18H,10-12H2,1H3,(H2,22,26)(H,23,25)/t13-,18+/m0/s1. The molecule has 3 rings (SSSR count). The molecule has 1 aliphatic rings. The van der Waals surface area contributed by atoms with Crippen molar-refractivity contribution in [1.82, 2.24) is 10.2 Å². The molecule has 3 N–H and O–H groups in total. The van der Waals surface area contributed by atoms with Crippen LogP contribution < -0.4 is 11.1 Å². The number of primary amides is 1. The fourth-order valence-electron chi connectivity index (χ4n) is 3.33. The largest absolute Gasteiger partial charge is 0.368 e. The third kappa shape index (κ3) is 4.08. The molecule has 136 valence electrons. The summed E-state index contributed by atoms with van der Waals surface area (Å²) in [6.45, 7) is 2.41. The Balaban J connectivity index is 1.67. The lowest BCUT2D eigenvalue weighted by molar-refractivity contribution is -0.127. The lowest BCUT2D eigenvalue weighted by Gasteiger charge is -2.34. The van der Waals surface area contributed by atoms with Crippen molar-refractivity contribution in [2.45, 2.75) is 32.0 Å². The zero-order chi connectivity index (χ0) is 18.7. The first-order chi connectivity index (χ1) is 12.4. The fraction of sp³-hybridized carbons (Fsp3) is 0.300. The van der Waals surface area contributed by atoms with Crippen LogP contribution in [0.1, 0.15) is 29.7 Å². The highest BCUT2D eigenvalue weighted by atomic mass is 19.1. The minimum absolute atomic E-state index is 0.0769. The van der Waals surface area contributed by atoms with Gasteiger partial charge >= 0.3 is 0 Å². The maximum absolute atomic E-state index is 13.0. The van der Waals surface area contributed by atoms with Gasteiger partial charge in [0.15, 0.2) is 0 Å². The summed E-state index contributed by atoms with van der Waals surface area (Å²) in [4.78, 5) is 26.1. The Hall–Kier alpha value is -2.73. The van der Waals surface area contributed by atoms with Crippen LogP contribution in [-0.2, 0) is 22.6 Å². The zero-order valence-corrected chi connectivity index (χ0v) is 14.6. The van der Waals surface area contributed by atoms with Gasteiger partial charge in [0.05, 0.1) is 18.6 Å². The highest BCUT2D eigenvalue weighted by Gasteiger charge is 2.31. The van der Waals surface area contributed by atoms with Gasteiger partial charge in [-0.25, -0.2) is 4.39 Å². The van der Waals surface area contributed by atoms with E-state index in [-0.39, 0.29) is 24.3 Å². The minimum Gasteiger partial charge on any atom is -0.368 e. The summed E-state index contributed by atoms with van der Waals surface area (Å²) in [6, 6.07) is 13.1. The molecular weight excluding hydrogens is 333 g/mol. The molecule has 2 aromatic rings. The van der Waals surface area contributed by atoms with E-state index in [0.717, 1.165) is 16.7 Å². The van der Waals surface area contributed by atoms with E-state index in [0.29, 0.717) is 13.0 Å². The van der Waals surface area contributed by atoms with Gasteiger partial charge in [-0.2, -0.15) is 0 Å². The fourth-order valence-corrected chi connectivity index (χ4v) is 3.33. The second-order valence-electron chi connectivity index (χ2n) is 6.64. The van der Waals surface area contributed by atoms with Crippen molar-refractivity contribution < 1.29 is 14.0 Å². The van der Waals surface area contributed by atoms with Gasteiger partial charge in [0.1, 0.15) is 5.82 Å². The second-order valence-corrected chi connectivity index (χ2v) is 6.64. The predicted octanol–water partition coefficient (Wildman–Crippen LogP) is 1.92. The van der Waals surface area contributed by atoms with Crippen molar-refractivity contribution in [2.75, 3.05) is 6.54 Å². The number of hydrogen-bond donors (Lipinski definition) is 2. The number of nitrogens with zero attached hydrogens (tertiary/aromatic N) is 1. The van der Waals surface area contributed by atoms with Crippen LogP contribution in [0.25, 0.3) is 0 Å². The second kappa shape index (κ2) is 7.66. The van der Waals surface area contributed by atoms with Crippen molar-refractivity contribution in [3.05, 3.63) is 71.0 Å². The van der Waals surface area contributed by atoms with Crippen LogP contribution in [0.3, 0.4) is 0 Å². The highest BCUT2D eigenvalue weighted by Crippen LogP contribution is 2.23. The summed E-state index contributed by atoms with van der Waals surface area (Å²) in [5.41, 5.74) is 8.56. The summed E-state index contributed by atoms with van der Waals surface area (Å²) >= 11 is 0. The highest BCUT2D eigenvalue weighted by molar-refractivity contribution is 5.83. The summed E-state index contributed by atoms with van der Waals surface area (Å²) in [7, 11) is 0. The van der Waals surface area contributed by atoms with E-state index in [1.807, 2.05) is 31.2 Å². The average Bonchev–Trinajstić information content (AvgIpc) is 2.61. The van der Waals surface area contributed by atoms with Crippen molar-refractivity contribution >= 4 is 11.8 Å². The van der Waals surface area contributed by atoms with Gasteiger partial charge in [0, 0.05) is 6.54 Å². The molecule has 5 nitrogen and oxygen atoms in total. The number of nitrogens with one attached hydrogen (secondary N) is 1. The molecule has 0 unspecified atom stereocenters. The van der Waals surface area contributed by atoms with Crippen molar-refractivity contribution in [3.8, 4) is 0 Å². The minimum atomic E-state index is -0.503. The van der Waals surface area contributed by atoms with Crippen molar-refractivity contribution in [1.29, 1.82) is 0 Å². The van der Waals surface area contributed by atoms with Crippen molar-refractivity contribution in [2.24, 2.45) is 5.73 Å². The maximum atomic E-state index is 13.0. The van der Waals surface area contributed by atoms with Crippen LogP contribution in [0.4, 0.5) is 4.39 Å². The molecule has 0 spiro atoms. The van der Waals surface area contributed by atoms with Crippen LogP contribution in [0.15, 0.2) is 48.5 Å². The quantitative estimate of drug-likeness (QED) is 0.860. The summed E-state index contributed by atoms with van der Waals surface area (Å²) in [5.74, 6) is -0.949. The van der Waals surface area contributed by atoms with E-state index in [9.17, 15) is 14.0 Å². The van der Waals surface area contributed by atoms with E-state index < -0.39 is 11.9 Å². The number of amides is 2. The Morgan fingerprint density at radius 2 is 1.85 bits per heavy atom. The summed E-state index contributed by atoms with van der Waals surface area (Å²) in [5, 5.41) is 2.89. The van der Waals surface area contributed by atoms with E-state index >= 15 is 0 Å². The molecule has 2 amide bonds. The molecule has 6 heteroatoms. The monoisotopic (exact) mass is 355 g/mol. The first kappa shape index (κ1) is 18.1. The van der Waals surface area contributed by atoms with Gasteiger partial charge in [-0.05, 0) is 42.2 Å². The number of carbonyl (C=O) groups is 2. The molecule has 0 fully saturated rings. The van der Waals surface area contributed by atoms with Gasteiger partial charge in [-0.1, -0.05) is 36.4 Å². The smallest absolute Gasteiger partial charge is 0.235 e. The van der Waals surface area contributed by atoms with Crippen LogP contribution >= 0.6 is 0 Å². The average molecular weight is 355 g/mol. The molecular formula is C20H22FN3O2. The SMILES string of the molecule is C[C@H](NC(=O)CN1Cc2ccccc2C[C@@H]1C(N)=O)c1ccc(F)cc1. The molecule has 0 saturated carbocycles. The number of rotatable bonds is 5. The molecule has 0 radical (unpaired) electrons. The van der Waals surface area contributed by atoms with Crippen LogP contribution in [0.2, 0.25) is 0 Å². The van der Waals surface area contributed by atoms with Crippen molar-refractivity contribution in [3.63, 3.8) is 0 Å². The summed E-state index contributed by atoms with van der Waals surface area (Å²) in [6.07, 6.45) is 0.506. The number of benzene rings is 2. The number of halogens is 1. The predicted molar refractivity (Wildman–Crippen MR) is 96.5 cm³/mol. The first-order valence-corrected chi connectivity index (χ1v) is 8.59. The van der Waals surface area contributed by atoms with Gasteiger partial charge in [0.2, 0.25) is 11.8 Å². The third-order valence-electron chi connectivity index (χ3n) is 4.77. The number of nitrogens with two attached hydrogens (primary N) is 1. The molecule has 0 aromatic heterocycles. The van der Waals surface area contributed by atoms with E-state index in [1.165, 1.54) is 12.1 Å². The Labute approximate surface area is 152 Å². The molecule has 1 aliphatic heterocycles. The van der Waals surface area contributed by atoms with E-state index in [2.05, 4.69) is 5.32 Å². The van der Waals surface area contributed by atoms with Gasteiger partial charge < -0.3 is 11.1 Å². The number of fused-ring (bicyclic) bond motifs is 1. The molecule has 26 heavy (non-hydrogen) atoms. The molecule has 0 aliphatic carbocycles. The number of hydrogen-bond acceptors (Lipinski definition) is 3. The van der Waals surface area contributed by atoms with Gasteiger partial charge in [0.25, 0.3) is 0 Å². The maximum Gasteiger partial charge on any atom is 0.235 e. The lowest BCUT2D eigenvalue weighted by atomic mass is 9.93. The van der Waals surface area contributed by atoms with Gasteiger partial charge in [-0.3, -0.25) is 14.5 Å². The normalized spacial score (nSPS) is 18.0. The first-order valence-electron chi connectivity index (χ1n) is 8.59. The Morgan fingerprint density at radius 3 is 2.50 bits per heavy atom. The molecule has 0 bridgehead atoms. The molecule has 0 saturated heterocycles. The van der Waals surface area contributed by atoms with Crippen LogP contribution in [0.5, 0.6) is 0 Å². The van der Waals surface area contributed by atoms with Crippen LogP contribution in [-0.4, -0.2) is 29.3 Å². The Kier molecular flexibility index (Phi) is 5.32. The third-order valence-corrected chi connectivity index (χ3v) is 4.77. The summed E-state index contributed by atoms with van der Waals surface area (Å²) < 4.78 is 13.0. The Bertz CT molecular complexity index is 807. The number of carbonyl (C=O) groups excluding carboxylic acids is 2. The Morgan fingerprint density at radius 1 is 1.19 bits per heavy atom. The van der Waals surface area contributed by atoms with Gasteiger partial charge in [-0.15, -0.1) is 0 Å². The lowest BCUT2D eigenvalue weighted by Crippen LogP contribution is -2.51. The van der Waals surface area contributed by atoms with Crippen LogP contribution in [0, 0.1) is 5.82 Å². The molecule has 2 atom stereocenters. The van der Waals surface area contributed by atoms with E-state index in [1.54, 1.807) is 17.0 Å².